The predicted molar refractivity (Wildman–Crippen MR) is 102 cm³/mol. The highest BCUT2D eigenvalue weighted by Gasteiger charge is 2.16. The third-order valence-corrected chi connectivity index (χ3v) is 3.98. The summed E-state index contributed by atoms with van der Waals surface area (Å²) in [5, 5.41) is 5.53. The van der Waals surface area contributed by atoms with Crippen LogP contribution in [0.3, 0.4) is 0 Å². The molecule has 0 spiro atoms. The van der Waals surface area contributed by atoms with E-state index in [-0.39, 0.29) is 12.6 Å². The van der Waals surface area contributed by atoms with E-state index in [9.17, 15) is 4.79 Å². The lowest BCUT2D eigenvalue weighted by molar-refractivity contribution is 0.251. The van der Waals surface area contributed by atoms with E-state index in [1.54, 1.807) is 27.2 Å². The Balaban J connectivity index is 1.70. The van der Waals surface area contributed by atoms with Crippen molar-refractivity contribution in [3.63, 3.8) is 0 Å². The van der Waals surface area contributed by atoms with Gasteiger partial charge in [-0.15, -0.1) is 0 Å². The lowest BCUT2D eigenvalue weighted by atomic mass is 10.2. The first-order valence-corrected chi connectivity index (χ1v) is 8.39. The molecule has 0 radical (unpaired) electrons. The van der Waals surface area contributed by atoms with Gasteiger partial charge >= 0.3 is 6.03 Å². The lowest BCUT2D eigenvalue weighted by Gasteiger charge is -2.07. The number of oxazole rings is 1. The van der Waals surface area contributed by atoms with Crippen LogP contribution in [0, 0.1) is 6.92 Å². The van der Waals surface area contributed by atoms with Gasteiger partial charge in [0.05, 0.1) is 26.3 Å². The number of hydrogen-bond acceptors (Lipinski definition) is 5. The Morgan fingerprint density at radius 2 is 1.89 bits per heavy atom. The number of benzene rings is 2. The van der Waals surface area contributed by atoms with Crippen LogP contribution in [0.2, 0.25) is 0 Å². The molecule has 2 N–H and O–H groups in total. The highest BCUT2D eigenvalue weighted by molar-refractivity contribution is 5.89. The van der Waals surface area contributed by atoms with Gasteiger partial charge in [0.15, 0.2) is 0 Å². The van der Waals surface area contributed by atoms with Crippen LogP contribution in [-0.2, 0) is 6.54 Å². The van der Waals surface area contributed by atoms with Crippen LogP contribution in [0.15, 0.2) is 52.9 Å². The van der Waals surface area contributed by atoms with E-state index in [1.807, 2.05) is 42.5 Å². The fraction of sp³-hybridized carbons (Fsp3) is 0.200. The molecule has 3 rings (SSSR count). The average molecular weight is 367 g/mol. The summed E-state index contributed by atoms with van der Waals surface area (Å²) in [7, 11) is 3.17. The summed E-state index contributed by atoms with van der Waals surface area (Å²) >= 11 is 0. The van der Waals surface area contributed by atoms with Crippen molar-refractivity contribution in [1.82, 2.24) is 10.3 Å². The second kappa shape index (κ2) is 8.27. The van der Waals surface area contributed by atoms with Gasteiger partial charge in [-0.1, -0.05) is 18.2 Å². The minimum absolute atomic E-state index is 0.243. The molecule has 3 aromatic rings. The van der Waals surface area contributed by atoms with Gasteiger partial charge in [0.1, 0.15) is 23.0 Å². The second-order valence-electron chi connectivity index (χ2n) is 5.76. The first kappa shape index (κ1) is 18.3. The fourth-order valence-electron chi connectivity index (χ4n) is 2.54. The third kappa shape index (κ3) is 4.38. The zero-order valence-electron chi connectivity index (χ0n) is 15.4. The van der Waals surface area contributed by atoms with E-state index in [0.29, 0.717) is 34.4 Å². The van der Waals surface area contributed by atoms with Crippen molar-refractivity contribution < 1.29 is 18.7 Å². The van der Waals surface area contributed by atoms with Gasteiger partial charge in [-0.05, 0) is 31.2 Å². The first-order valence-electron chi connectivity index (χ1n) is 8.39. The maximum Gasteiger partial charge on any atom is 0.319 e. The molecular weight excluding hydrogens is 346 g/mol. The molecule has 0 fully saturated rings. The molecule has 7 heteroatoms. The number of urea groups is 1. The highest BCUT2D eigenvalue weighted by atomic mass is 16.5. The van der Waals surface area contributed by atoms with Crippen molar-refractivity contribution in [2.45, 2.75) is 13.5 Å². The molecular formula is C20H21N3O4. The molecule has 0 saturated carbocycles. The molecule has 0 aliphatic rings. The van der Waals surface area contributed by atoms with Crippen LogP contribution < -0.4 is 20.1 Å². The van der Waals surface area contributed by atoms with Crippen LogP contribution >= 0.6 is 0 Å². The number of nitrogens with one attached hydrogen (secondary N) is 2. The van der Waals surface area contributed by atoms with E-state index < -0.39 is 0 Å². The normalized spacial score (nSPS) is 10.3. The SMILES string of the molecule is COc1ccc(-c2nc(CNC(=O)Nc3ccccc3)c(C)o2)c(OC)c1. The second-order valence-corrected chi connectivity index (χ2v) is 5.76. The van der Waals surface area contributed by atoms with Crippen molar-refractivity contribution in [3.05, 3.63) is 60.0 Å². The van der Waals surface area contributed by atoms with Gasteiger partial charge < -0.3 is 24.5 Å². The Morgan fingerprint density at radius 1 is 1.11 bits per heavy atom. The third-order valence-electron chi connectivity index (χ3n) is 3.98. The summed E-state index contributed by atoms with van der Waals surface area (Å²) in [5.74, 6) is 2.32. The number of ether oxygens (including phenoxy) is 2. The number of aryl methyl sites for hydroxylation is 1. The first-order chi connectivity index (χ1) is 13.1. The average Bonchev–Trinajstić information content (AvgIpc) is 3.07. The topological polar surface area (TPSA) is 85.6 Å². The summed E-state index contributed by atoms with van der Waals surface area (Å²) in [6, 6.07) is 14.3. The molecule has 0 bridgehead atoms. The number of methoxy groups -OCH3 is 2. The highest BCUT2D eigenvalue weighted by Crippen LogP contribution is 2.33. The fourth-order valence-corrected chi connectivity index (χ4v) is 2.54. The molecule has 2 amide bonds. The molecule has 140 valence electrons. The number of carbonyl (C=O) groups is 1. The van der Waals surface area contributed by atoms with Gasteiger partial charge in [0.25, 0.3) is 0 Å². The minimum atomic E-state index is -0.313. The Kier molecular flexibility index (Phi) is 5.61. The van der Waals surface area contributed by atoms with Crippen LogP contribution in [0.5, 0.6) is 11.5 Å². The van der Waals surface area contributed by atoms with Gasteiger partial charge in [-0.25, -0.2) is 9.78 Å². The predicted octanol–water partition coefficient (Wildman–Crippen LogP) is 3.99. The zero-order valence-corrected chi connectivity index (χ0v) is 15.4. The summed E-state index contributed by atoms with van der Waals surface area (Å²) in [5.41, 5.74) is 2.07. The van der Waals surface area contributed by atoms with Gasteiger partial charge in [-0.2, -0.15) is 0 Å². The largest absolute Gasteiger partial charge is 0.497 e. The zero-order chi connectivity index (χ0) is 19.2. The van der Waals surface area contributed by atoms with Gasteiger partial charge in [0, 0.05) is 11.8 Å². The van der Waals surface area contributed by atoms with Crippen molar-refractivity contribution in [1.29, 1.82) is 0 Å². The molecule has 0 unspecified atom stereocenters. The molecule has 7 nitrogen and oxygen atoms in total. The Bertz CT molecular complexity index is 922. The summed E-state index contributed by atoms with van der Waals surface area (Å²) in [6.07, 6.45) is 0. The molecule has 0 atom stereocenters. The summed E-state index contributed by atoms with van der Waals surface area (Å²) in [6.45, 7) is 2.05. The summed E-state index contributed by atoms with van der Waals surface area (Å²) in [4.78, 5) is 16.5. The Hall–Kier alpha value is -3.48. The van der Waals surface area contributed by atoms with E-state index in [2.05, 4.69) is 15.6 Å². The lowest BCUT2D eigenvalue weighted by Crippen LogP contribution is -2.28. The van der Waals surface area contributed by atoms with E-state index in [1.165, 1.54) is 0 Å². The number of para-hydroxylation sites is 1. The quantitative estimate of drug-likeness (QED) is 0.688. The molecule has 0 aliphatic heterocycles. The molecule has 27 heavy (non-hydrogen) atoms. The van der Waals surface area contributed by atoms with Crippen LogP contribution in [-0.4, -0.2) is 25.2 Å². The van der Waals surface area contributed by atoms with Crippen molar-refractivity contribution in [2.24, 2.45) is 0 Å². The molecule has 0 aliphatic carbocycles. The van der Waals surface area contributed by atoms with E-state index in [0.717, 1.165) is 5.69 Å². The number of anilines is 1. The van der Waals surface area contributed by atoms with Gasteiger partial charge in [-0.3, -0.25) is 0 Å². The maximum atomic E-state index is 12.0. The molecule has 1 heterocycles. The maximum absolute atomic E-state index is 12.0. The monoisotopic (exact) mass is 367 g/mol. The molecule has 2 aromatic carbocycles. The van der Waals surface area contributed by atoms with Gasteiger partial charge in [0.2, 0.25) is 5.89 Å². The Labute approximate surface area is 157 Å². The van der Waals surface area contributed by atoms with Crippen molar-refractivity contribution in [3.8, 4) is 23.0 Å². The number of carbonyl (C=O) groups excluding carboxylic acids is 1. The van der Waals surface area contributed by atoms with E-state index >= 15 is 0 Å². The van der Waals surface area contributed by atoms with Crippen molar-refractivity contribution >= 4 is 11.7 Å². The smallest absolute Gasteiger partial charge is 0.319 e. The minimum Gasteiger partial charge on any atom is -0.497 e. The Morgan fingerprint density at radius 3 is 2.59 bits per heavy atom. The standard InChI is InChI=1S/C20H21N3O4/c1-13-17(12-21-20(24)22-14-7-5-4-6-8-14)23-19(27-13)16-10-9-15(25-2)11-18(16)26-3/h4-11H,12H2,1-3H3,(H2,21,22,24). The van der Waals surface area contributed by atoms with Crippen LogP contribution in [0.4, 0.5) is 10.5 Å². The van der Waals surface area contributed by atoms with Crippen LogP contribution in [0.25, 0.3) is 11.5 Å². The number of aromatic nitrogens is 1. The number of rotatable bonds is 6. The van der Waals surface area contributed by atoms with Crippen LogP contribution in [0.1, 0.15) is 11.5 Å². The number of amides is 2. The number of hydrogen-bond donors (Lipinski definition) is 2. The van der Waals surface area contributed by atoms with Crippen molar-refractivity contribution in [2.75, 3.05) is 19.5 Å². The summed E-state index contributed by atoms with van der Waals surface area (Å²) < 4.78 is 16.4. The molecule has 1 aromatic heterocycles. The molecule has 0 saturated heterocycles. The number of nitrogens with zero attached hydrogens (tertiary/aromatic N) is 1. The van der Waals surface area contributed by atoms with E-state index in [4.69, 9.17) is 13.9 Å².